The van der Waals surface area contributed by atoms with Crippen LogP contribution in [0.15, 0.2) is 36.4 Å². The van der Waals surface area contributed by atoms with Crippen LogP contribution < -0.4 is 26.3 Å². The number of carbonyl (C=O) groups excluding carboxylic acids is 2. The second-order valence-corrected chi connectivity index (χ2v) is 10.6. The number of anilines is 2. The molecule has 4 rings (SSSR count). The summed E-state index contributed by atoms with van der Waals surface area (Å²) < 4.78 is 17.3. The average Bonchev–Trinajstić information content (AvgIpc) is 3.44. The number of imide groups is 1. The summed E-state index contributed by atoms with van der Waals surface area (Å²) >= 11 is 0. The lowest BCUT2D eigenvalue weighted by Gasteiger charge is -2.20. The van der Waals surface area contributed by atoms with Gasteiger partial charge in [0.1, 0.15) is 5.82 Å². The molecule has 0 bridgehead atoms. The number of carbonyl (C=O) groups is 2. The van der Waals surface area contributed by atoms with Gasteiger partial charge in [-0.2, -0.15) is 0 Å². The Labute approximate surface area is 269 Å². The maximum absolute atomic E-state index is 14.2. The van der Waals surface area contributed by atoms with E-state index in [2.05, 4.69) is 5.32 Å². The number of nitrogen functional groups attached to an aromatic ring is 2. The van der Waals surface area contributed by atoms with E-state index in [9.17, 15) is 14.7 Å². The second kappa shape index (κ2) is 14.3. The molecule has 0 saturated carbocycles. The number of ether oxygens (including phenoxy) is 3. The van der Waals surface area contributed by atoms with E-state index in [1.807, 2.05) is 52.0 Å². The Morgan fingerprint density at radius 1 is 0.804 bits per heavy atom. The molecule has 0 aliphatic rings. The first-order valence-corrected chi connectivity index (χ1v) is 15.5. The van der Waals surface area contributed by atoms with Gasteiger partial charge in [0.25, 0.3) is 0 Å². The molecular formula is C35H43N5O6. The third-order valence-corrected chi connectivity index (χ3v) is 8.16. The summed E-state index contributed by atoms with van der Waals surface area (Å²) in [5, 5.41) is 13.0. The van der Waals surface area contributed by atoms with E-state index in [1.165, 1.54) is 18.8 Å². The fourth-order valence-electron chi connectivity index (χ4n) is 6.09. The Morgan fingerprint density at radius 2 is 1.30 bits per heavy atom. The lowest BCUT2D eigenvalue weighted by molar-refractivity contribution is 0.153. The van der Waals surface area contributed by atoms with Crippen LogP contribution in [-0.2, 0) is 30.4 Å². The number of methoxy groups -OCH3 is 2. The molecule has 0 aliphatic heterocycles. The summed E-state index contributed by atoms with van der Waals surface area (Å²) in [6.07, 6.45) is 1.74. The van der Waals surface area contributed by atoms with Gasteiger partial charge in [-0.1, -0.05) is 39.8 Å². The van der Waals surface area contributed by atoms with Crippen molar-refractivity contribution in [3.05, 3.63) is 58.7 Å². The van der Waals surface area contributed by atoms with Gasteiger partial charge < -0.3 is 30.8 Å². The van der Waals surface area contributed by atoms with Gasteiger partial charge in [0, 0.05) is 28.1 Å². The molecule has 0 fully saturated rings. The maximum atomic E-state index is 14.2. The number of hydrogen-bond donors (Lipinski definition) is 4. The molecule has 0 saturated heterocycles. The minimum absolute atomic E-state index is 0.0727. The second-order valence-electron chi connectivity index (χ2n) is 10.6. The molecule has 2 amide bonds. The summed E-state index contributed by atoms with van der Waals surface area (Å²) in [6.45, 7) is 9.88. The van der Waals surface area contributed by atoms with E-state index in [0.29, 0.717) is 54.0 Å². The highest BCUT2D eigenvalue weighted by atomic mass is 16.5. The van der Waals surface area contributed by atoms with E-state index in [4.69, 9.17) is 30.7 Å². The summed E-state index contributed by atoms with van der Waals surface area (Å²) in [5.41, 5.74) is 21.0. The highest BCUT2D eigenvalue weighted by Gasteiger charge is 2.31. The number of phenols is 1. The molecule has 11 nitrogen and oxygen atoms in total. The third-order valence-electron chi connectivity index (χ3n) is 8.16. The predicted molar refractivity (Wildman–Crippen MR) is 181 cm³/mol. The fraction of sp³-hybridized carbons (Fsp3) is 0.343. The maximum Gasteiger partial charge on any atom is 0.415 e. The number of phenolic OH excluding ortho intramolecular Hbond substituents is 1. The van der Waals surface area contributed by atoms with Crippen molar-refractivity contribution in [1.29, 1.82) is 0 Å². The fourth-order valence-corrected chi connectivity index (χ4v) is 6.09. The molecule has 0 atom stereocenters. The van der Waals surface area contributed by atoms with Crippen molar-refractivity contribution >= 4 is 23.5 Å². The Hall–Kier alpha value is -5.19. The number of alkyl carbamates (subject to hydrolysis) is 1. The zero-order valence-corrected chi connectivity index (χ0v) is 27.5. The molecular weight excluding hydrogens is 586 g/mol. The van der Waals surface area contributed by atoms with Crippen molar-refractivity contribution in [1.82, 2.24) is 14.9 Å². The van der Waals surface area contributed by atoms with Crippen molar-refractivity contribution in [2.24, 2.45) is 0 Å². The molecule has 11 heteroatoms. The number of aromatic hydroxyl groups is 1. The number of imidazole rings is 1. The van der Waals surface area contributed by atoms with E-state index in [-0.39, 0.29) is 29.7 Å². The number of aromatic nitrogens is 2. The van der Waals surface area contributed by atoms with E-state index in [0.717, 1.165) is 33.4 Å². The first kappa shape index (κ1) is 33.7. The predicted octanol–water partition coefficient (Wildman–Crippen LogP) is 6.74. The molecule has 3 aromatic carbocycles. The number of hydrogen-bond acceptors (Lipinski definition) is 9. The number of nitrogens with one attached hydrogen (secondary N) is 1. The molecule has 1 heterocycles. The number of rotatable bonds is 10. The van der Waals surface area contributed by atoms with Crippen molar-refractivity contribution in [3.8, 4) is 51.2 Å². The van der Waals surface area contributed by atoms with Crippen LogP contribution in [0.2, 0.25) is 0 Å². The number of nitrogens with two attached hydrogens (primary N) is 2. The quantitative estimate of drug-likeness (QED) is 0.139. The van der Waals surface area contributed by atoms with Crippen LogP contribution in [-0.4, -0.2) is 47.6 Å². The highest BCUT2D eigenvalue weighted by molar-refractivity contribution is 6.00. The standard InChI is InChI=1S/C35H43N5O6/c1-8-20-22(10-3)26(36)15-13-24(20)30-31(25-14-16-27(37)23(11-4)21(25)9-2)40(34(42)39-35(43)46-12-5)33(38-30)19-17-28(44-6)32(41)29(18-19)45-7/h13-18,41H,8-12,36-37H2,1-7H3,(H,39,42,43). The van der Waals surface area contributed by atoms with Gasteiger partial charge in [-0.25, -0.2) is 24.5 Å². The summed E-state index contributed by atoms with van der Waals surface area (Å²) in [7, 11) is 2.83. The topological polar surface area (TPSA) is 164 Å². The van der Waals surface area contributed by atoms with Crippen molar-refractivity contribution in [3.63, 3.8) is 0 Å². The van der Waals surface area contributed by atoms with E-state index in [1.54, 1.807) is 19.1 Å². The molecule has 6 N–H and O–H groups in total. The lowest BCUT2D eigenvalue weighted by atomic mass is 9.89. The molecule has 1 aromatic heterocycles. The lowest BCUT2D eigenvalue weighted by Crippen LogP contribution is -2.35. The third kappa shape index (κ3) is 6.04. The van der Waals surface area contributed by atoms with Gasteiger partial charge >= 0.3 is 12.1 Å². The molecule has 0 unspecified atom stereocenters. The van der Waals surface area contributed by atoms with E-state index >= 15 is 0 Å². The van der Waals surface area contributed by atoms with Gasteiger partial charge in [-0.3, -0.25) is 0 Å². The molecule has 0 aliphatic carbocycles. The molecule has 244 valence electrons. The van der Waals surface area contributed by atoms with Crippen LogP contribution >= 0.6 is 0 Å². The zero-order valence-electron chi connectivity index (χ0n) is 27.5. The van der Waals surface area contributed by atoms with E-state index < -0.39 is 12.1 Å². The molecule has 46 heavy (non-hydrogen) atoms. The number of amides is 2. The first-order chi connectivity index (χ1) is 22.1. The summed E-state index contributed by atoms with van der Waals surface area (Å²) in [6, 6.07) is 9.81. The van der Waals surface area contributed by atoms with Crippen LogP contribution in [0.1, 0.15) is 56.9 Å². The molecule has 4 aromatic rings. The Balaban J connectivity index is 2.26. The Morgan fingerprint density at radius 3 is 1.78 bits per heavy atom. The monoisotopic (exact) mass is 629 g/mol. The van der Waals surface area contributed by atoms with Gasteiger partial charge in [0.15, 0.2) is 11.5 Å². The van der Waals surface area contributed by atoms with Crippen LogP contribution in [0.25, 0.3) is 33.9 Å². The minimum Gasteiger partial charge on any atom is -0.502 e. The van der Waals surface area contributed by atoms with Crippen LogP contribution in [0.5, 0.6) is 17.2 Å². The zero-order chi connectivity index (χ0) is 33.7. The van der Waals surface area contributed by atoms with Gasteiger partial charge in [0.2, 0.25) is 5.75 Å². The smallest absolute Gasteiger partial charge is 0.415 e. The Bertz CT molecular complexity index is 1750. The van der Waals surface area contributed by atoms with Crippen LogP contribution in [0.4, 0.5) is 21.0 Å². The van der Waals surface area contributed by atoms with Crippen LogP contribution in [0, 0.1) is 0 Å². The highest BCUT2D eigenvalue weighted by Crippen LogP contribution is 2.45. The number of nitrogens with zero attached hydrogens (tertiary/aromatic N) is 2. The normalized spacial score (nSPS) is 10.9. The average molecular weight is 630 g/mol. The molecule has 0 radical (unpaired) electrons. The Kier molecular flexibility index (Phi) is 10.5. The van der Waals surface area contributed by atoms with Crippen molar-refractivity contribution in [2.45, 2.75) is 60.3 Å². The summed E-state index contributed by atoms with van der Waals surface area (Å²) in [4.78, 5) is 32.0. The van der Waals surface area contributed by atoms with Crippen molar-refractivity contribution < 1.29 is 28.9 Å². The molecule has 0 spiro atoms. The summed E-state index contributed by atoms with van der Waals surface area (Å²) in [5.74, 6) is 0.199. The SMILES string of the molecule is CCOC(=O)NC(=O)n1c(-c2cc(OC)c(O)c(OC)c2)nc(-c2ccc(N)c(CC)c2CC)c1-c1ccc(N)c(CC)c1CC. The number of benzene rings is 3. The van der Waals surface area contributed by atoms with Crippen molar-refractivity contribution in [2.75, 3.05) is 32.3 Å². The first-order valence-electron chi connectivity index (χ1n) is 15.5. The van der Waals surface area contributed by atoms with Crippen LogP contribution in [0.3, 0.4) is 0 Å². The van der Waals surface area contributed by atoms with Gasteiger partial charge in [0.05, 0.1) is 32.2 Å². The minimum atomic E-state index is -0.905. The van der Waals surface area contributed by atoms with Gasteiger partial charge in [-0.15, -0.1) is 0 Å². The largest absolute Gasteiger partial charge is 0.502 e. The van der Waals surface area contributed by atoms with Gasteiger partial charge in [-0.05, 0) is 79.1 Å².